The number of aromatic nitrogens is 3. The lowest BCUT2D eigenvalue weighted by atomic mass is 9.99. The highest BCUT2D eigenvalue weighted by molar-refractivity contribution is 5.86. The van der Waals surface area contributed by atoms with E-state index in [1.54, 1.807) is 13.3 Å². The van der Waals surface area contributed by atoms with E-state index in [0.29, 0.717) is 23.7 Å². The molecule has 2 aliphatic rings. The fourth-order valence-corrected chi connectivity index (χ4v) is 3.89. The van der Waals surface area contributed by atoms with E-state index in [0.717, 1.165) is 25.3 Å². The van der Waals surface area contributed by atoms with E-state index in [-0.39, 0.29) is 5.69 Å². The number of carbonyl (C=O) groups is 1. The Kier molecular flexibility index (Phi) is 3.04. The summed E-state index contributed by atoms with van der Waals surface area (Å²) in [6, 6.07) is 1.87. The average molecular weight is 302 g/mol. The lowest BCUT2D eigenvalue weighted by molar-refractivity contribution is 0.0689. The second-order valence-corrected chi connectivity index (χ2v) is 6.08. The molecule has 2 aromatic heterocycles. The van der Waals surface area contributed by atoms with Gasteiger partial charge in [-0.2, -0.15) is 4.98 Å². The van der Waals surface area contributed by atoms with Crippen molar-refractivity contribution in [1.29, 1.82) is 0 Å². The standard InChI is InChI=1S/C15H18N4O3/c1-22-12-3-2-9-7-18(8-10(9)12)13-4-5-19-11(14(20)21)6-16-15(19)17-13/h4-6,9-10,12H,2-3,7-8H2,1H3,(H,20,21)/t9-,10+,12-/m1/s1. The summed E-state index contributed by atoms with van der Waals surface area (Å²) in [5, 5.41) is 9.10. The summed E-state index contributed by atoms with van der Waals surface area (Å²) in [6.07, 6.45) is 5.77. The van der Waals surface area contributed by atoms with Crippen LogP contribution in [0.4, 0.5) is 5.82 Å². The molecule has 1 aliphatic carbocycles. The van der Waals surface area contributed by atoms with Crippen molar-refractivity contribution in [2.24, 2.45) is 11.8 Å². The molecule has 3 atom stereocenters. The van der Waals surface area contributed by atoms with Gasteiger partial charge in [-0.15, -0.1) is 0 Å². The molecular formula is C15H18N4O3. The van der Waals surface area contributed by atoms with E-state index in [2.05, 4.69) is 14.9 Å². The third kappa shape index (κ3) is 1.96. The molecule has 0 aromatic carbocycles. The van der Waals surface area contributed by atoms with Gasteiger partial charge in [0.05, 0.1) is 12.3 Å². The van der Waals surface area contributed by atoms with Crippen molar-refractivity contribution in [2.75, 3.05) is 25.1 Å². The van der Waals surface area contributed by atoms with Crippen LogP contribution in [0.15, 0.2) is 18.5 Å². The van der Waals surface area contributed by atoms with Gasteiger partial charge in [-0.3, -0.25) is 4.40 Å². The van der Waals surface area contributed by atoms with Crippen molar-refractivity contribution in [2.45, 2.75) is 18.9 Å². The van der Waals surface area contributed by atoms with Crippen molar-refractivity contribution in [3.63, 3.8) is 0 Å². The molecule has 0 amide bonds. The first-order valence-corrected chi connectivity index (χ1v) is 7.52. The lowest BCUT2D eigenvalue weighted by Gasteiger charge is -2.20. The van der Waals surface area contributed by atoms with E-state index < -0.39 is 5.97 Å². The lowest BCUT2D eigenvalue weighted by Crippen LogP contribution is -2.26. The third-order valence-corrected chi connectivity index (χ3v) is 5.00. The van der Waals surface area contributed by atoms with Gasteiger partial charge in [0.15, 0.2) is 5.69 Å². The minimum atomic E-state index is -0.999. The number of imidazole rings is 1. The molecule has 2 fully saturated rings. The molecule has 7 nitrogen and oxygen atoms in total. The molecule has 1 saturated heterocycles. The van der Waals surface area contributed by atoms with Gasteiger partial charge in [0.2, 0.25) is 5.78 Å². The predicted molar refractivity (Wildman–Crippen MR) is 79.2 cm³/mol. The third-order valence-electron chi connectivity index (χ3n) is 5.00. The van der Waals surface area contributed by atoms with Crippen LogP contribution in [0.5, 0.6) is 0 Å². The first-order chi connectivity index (χ1) is 10.7. The molecule has 0 unspecified atom stereocenters. The molecule has 1 aliphatic heterocycles. The minimum Gasteiger partial charge on any atom is -0.477 e. The van der Waals surface area contributed by atoms with Crippen molar-refractivity contribution in [3.05, 3.63) is 24.2 Å². The highest BCUT2D eigenvalue weighted by Gasteiger charge is 2.43. The number of aromatic carboxylic acids is 1. The van der Waals surface area contributed by atoms with Gasteiger partial charge >= 0.3 is 5.97 Å². The summed E-state index contributed by atoms with van der Waals surface area (Å²) < 4.78 is 7.08. The smallest absolute Gasteiger partial charge is 0.354 e. The fraction of sp³-hybridized carbons (Fsp3) is 0.533. The fourth-order valence-electron chi connectivity index (χ4n) is 3.89. The van der Waals surface area contributed by atoms with Crippen LogP contribution in [-0.4, -0.2) is 51.7 Å². The van der Waals surface area contributed by atoms with E-state index in [9.17, 15) is 4.79 Å². The van der Waals surface area contributed by atoms with Crippen molar-refractivity contribution in [3.8, 4) is 0 Å². The van der Waals surface area contributed by atoms with Gasteiger partial charge in [-0.1, -0.05) is 0 Å². The summed E-state index contributed by atoms with van der Waals surface area (Å²) in [7, 11) is 1.79. The number of carboxylic acid groups (broad SMARTS) is 1. The molecular weight excluding hydrogens is 284 g/mol. The van der Waals surface area contributed by atoms with Crippen LogP contribution in [0.1, 0.15) is 23.3 Å². The monoisotopic (exact) mass is 302 g/mol. The summed E-state index contributed by atoms with van der Waals surface area (Å²) in [5.74, 6) is 1.52. The Balaban J connectivity index is 1.61. The summed E-state index contributed by atoms with van der Waals surface area (Å²) in [5.41, 5.74) is 0.131. The Morgan fingerprint density at radius 2 is 2.27 bits per heavy atom. The summed E-state index contributed by atoms with van der Waals surface area (Å²) in [4.78, 5) is 22.0. The van der Waals surface area contributed by atoms with Crippen LogP contribution in [0, 0.1) is 11.8 Å². The van der Waals surface area contributed by atoms with E-state index in [1.165, 1.54) is 17.0 Å². The zero-order valence-electron chi connectivity index (χ0n) is 12.3. The molecule has 3 heterocycles. The maximum Gasteiger partial charge on any atom is 0.354 e. The normalized spacial score (nSPS) is 27.5. The van der Waals surface area contributed by atoms with Crippen LogP contribution in [0.25, 0.3) is 5.78 Å². The van der Waals surface area contributed by atoms with E-state index in [1.807, 2.05) is 6.07 Å². The Morgan fingerprint density at radius 1 is 1.41 bits per heavy atom. The van der Waals surface area contributed by atoms with Crippen LogP contribution >= 0.6 is 0 Å². The second kappa shape index (κ2) is 4.95. The van der Waals surface area contributed by atoms with Crippen LogP contribution in [0.3, 0.4) is 0 Å². The van der Waals surface area contributed by atoms with Gasteiger partial charge < -0.3 is 14.7 Å². The molecule has 4 rings (SSSR count). The number of methoxy groups -OCH3 is 1. The largest absolute Gasteiger partial charge is 0.477 e. The molecule has 2 aromatic rings. The molecule has 1 N–H and O–H groups in total. The van der Waals surface area contributed by atoms with Gasteiger partial charge in [-0.05, 0) is 24.8 Å². The minimum absolute atomic E-state index is 0.131. The number of ether oxygens (including phenoxy) is 1. The predicted octanol–water partition coefficient (Wildman–Crippen LogP) is 1.29. The zero-order valence-corrected chi connectivity index (χ0v) is 12.3. The zero-order chi connectivity index (χ0) is 15.3. The van der Waals surface area contributed by atoms with Crippen molar-refractivity contribution < 1.29 is 14.6 Å². The first-order valence-electron chi connectivity index (χ1n) is 7.52. The van der Waals surface area contributed by atoms with Gasteiger partial charge in [-0.25, -0.2) is 9.78 Å². The van der Waals surface area contributed by atoms with Gasteiger partial charge in [0.1, 0.15) is 5.82 Å². The second-order valence-electron chi connectivity index (χ2n) is 6.08. The Labute approximate surface area is 127 Å². The van der Waals surface area contributed by atoms with Gasteiger partial charge in [0, 0.05) is 32.3 Å². The number of fused-ring (bicyclic) bond motifs is 2. The first kappa shape index (κ1) is 13.5. The van der Waals surface area contributed by atoms with Crippen molar-refractivity contribution in [1.82, 2.24) is 14.4 Å². The molecule has 116 valence electrons. The highest BCUT2D eigenvalue weighted by atomic mass is 16.5. The number of rotatable bonds is 3. The highest BCUT2D eigenvalue weighted by Crippen LogP contribution is 2.40. The Hall–Kier alpha value is -2.15. The molecule has 7 heteroatoms. The number of anilines is 1. The number of hydrogen-bond acceptors (Lipinski definition) is 5. The number of hydrogen-bond donors (Lipinski definition) is 1. The van der Waals surface area contributed by atoms with Gasteiger partial charge in [0.25, 0.3) is 0 Å². The Morgan fingerprint density at radius 3 is 3.05 bits per heavy atom. The average Bonchev–Trinajstić information content (AvgIpc) is 3.19. The van der Waals surface area contributed by atoms with Crippen molar-refractivity contribution >= 4 is 17.6 Å². The quantitative estimate of drug-likeness (QED) is 0.920. The molecule has 0 spiro atoms. The van der Waals surface area contributed by atoms with Crippen LogP contribution in [0.2, 0.25) is 0 Å². The molecule has 0 radical (unpaired) electrons. The number of carboxylic acids is 1. The topological polar surface area (TPSA) is 80.0 Å². The molecule has 0 bridgehead atoms. The summed E-state index contributed by atoms with van der Waals surface area (Å²) in [6.45, 7) is 1.93. The van der Waals surface area contributed by atoms with Crippen LogP contribution < -0.4 is 4.90 Å². The van der Waals surface area contributed by atoms with Crippen LogP contribution in [-0.2, 0) is 4.74 Å². The SMILES string of the molecule is CO[C@@H]1CC[C@@H]2CN(c3ccn4c(C(=O)O)cnc4n3)C[C@@H]21. The maximum absolute atomic E-state index is 11.1. The number of nitrogens with zero attached hydrogens (tertiary/aromatic N) is 4. The molecule has 22 heavy (non-hydrogen) atoms. The summed E-state index contributed by atoms with van der Waals surface area (Å²) >= 11 is 0. The van der Waals surface area contributed by atoms with E-state index >= 15 is 0 Å². The molecule has 1 saturated carbocycles. The van der Waals surface area contributed by atoms with E-state index in [4.69, 9.17) is 9.84 Å². The Bertz CT molecular complexity index is 729. The maximum atomic E-state index is 11.1.